The van der Waals surface area contributed by atoms with E-state index < -0.39 is 29.5 Å². The van der Waals surface area contributed by atoms with Crippen molar-refractivity contribution in [3.05, 3.63) is 70.5 Å². The van der Waals surface area contributed by atoms with Gasteiger partial charge in [0.05, 0.1) is 11.1 Å². The number of esters is 1. The molecule has 0 N–H and O–H groups in total. The molecule has 2 aromatic carbocycles. The van der Waals surface area contributed by atoms with Gasteiger partial charge in [-0.2, -0.15) is 18.2 Å². The van der Waals surface area contributed by atoms with Crippen LogP contribution < -0.4 is 5.76 Å². The summed E-state index contributed by atoms with van der Waals surface area (Å²) in [6.07, 6.45) is -4.45. The molecule has 0 amide bonds. The molecule has 0 aliphatic carbocycles. The van der Waals surface area contributed by atoms with Crippen LogP contribution in [-0.4, -0.2) is 20.7 Å². The lowest BCUT2D eigenvalue weighted by Crippen LogP contribution is -2.26. The van der Waals surface area contributed by atoms with Gasteiger partial charge in [-0.25, -0.2) is 9.59 Å². The molecule has 0 fully saturated rings. The van der Waals surface area contributed by atoms with Crippen LogP contribution in [0.2, 0.25) is 0 Å². The third kappa shape index (κ3) is 4.06. The summed E-state index contributed by atoms with van der Waals surface area (Å²) in [5.74, 6) is -1.44. The number of aromatic nitrogens is 3. The zero-order chi connectivity index (χ0) is 22.2. The Bertz CT molecular complexity index is 1290. The highest BCUT2D eigenvalue weighted by Gasteiger charge is 2.30. The molecule has 2 aromatic heterocycles. The minimum absolute atomic E-state index is 0.0462. The number of carbonyl (C=O) groups excluding carboxylic acids is 1. The van der Waals surface area contributed by atoms with Crippen molar-refractivity contribution < 1.29 is 31.6 Å². The molecule has 160 valence electrons. The highest BCUT2D eigenvalue weighted by molar-refractivity contribution is 5.79. The minimum atomic E-state index is -4.45. The van der Waals surface area contributed by atoms with Crippen LogP contribution >= 0.6 is 0 Å². The quantitative estimate of drug-likeness (QED) is 0.439. The summed E-state index contributed by atoms with van der Waals surface area (Å²) in [4.78, 5) is 28.5. The fourth-order valence-corrected chi connectivity index (χ4v) is 2.95. The van der Waals surface area contributed by atoms with Crippen molar-refractivity contribution in [2.45, 2.75) is 25.7 Å². The van der Waals surface area contributed by atoms with Gasteiger partial charge in [0.1, 0.15) is 6.04 Å². The number of halogens is 3. The second-order valence-electron chi connectivity index (χ2n) is 6.58. The molecule has 0 bridgehead atoms. The van der Waals surface area contributed by atoms with Crippen LogP contribution in [0.25, 0.3) is 22.5 Å². The summed E-state index contributed by atoms with van der Waals surface area (Å²) in [5, 5.41) is 3.68. The number of alkyl halides is 3. The topological polar surface area (TPSA) is 100 Å². The Morgan fingerprint density at radius 3 is 2.58 bits per heavy atom. The van der Waals surface area contributed by atoms with Gasteiger partial charge in [-0.15, -0.1) is 0 Å². The summed E-state index contributed by atoms with van der Waals surface area (Å²) in [7, 11) is 0. The Balaban J connectivity index is 1.44. The molecule has 0 aliphatic heterocycles. The van der Waals surface area contributed by atoms with Crippen LogP contribution in [0.5, 0.6) is 0 Å². The highest BCUT2D eigenvalue weighted by atomic mass is 19.4. The van der Waals surface area contributed by atoms with E-state index in [2.05, 4.69) is 10.1 Å². The van der Waals surface area contributed by atoms with Crippen LogP contribution in [0.4, 0.5) is 13.2 Å². The lowest BCUT2D eigenvalue weighted by atomic mass is 10.1. The van der Waals surface area contributed by atoms with Gasteiger partial charge < -0.3 is 13.7 Å². The van der Waals surface area contributed by atoms with Crippen molar-refractivity contribution >= 4 is 17.1 Å². The van der Waals surface area contributed by atoms with Crippen molar-refractivity contribution in [2.75, 3.05) is 0 Å². The number of rotatable bonds is 5. The van der Waals surface area contributed by atoms with Crippen molar-refractivity contribution in [1.29, 1.82) is 0 Å². The predicted octanol–water partition coefficient (Wildman–Crippen LogP) is 3.97. The molecule has 11 heteroatoms. The Morgan fingerprint density at radius 1 is 1.16 bits per heavy atom. The number of ether oxygens (including phenoxy) is 1. The molecule has 1 unspecified atom stereocenters. The van der Waals surface area contributed by atoms with Crippen LogP contribution in [0.15, 0.2) is 62.3 Å². The maximum atomic E-state index is 12.7. The average Bonchev–Trinajstić information content (AvgIpc) is 3.34. The largest absolute Gasteiger partial charge is 0.454 e. The maximum Gasteiger partial charge on any atom is 0.420 e. The van der Waals surface area contributed by atoms with Gasteiger partial charge in [0, 0.05) is 5.56 Å². The van der Waals surface area contributed by atoms with E-state index in [-0.39, 0.29) is 18.3 Å². The standard InChI is InChI=1S/C20H14F3N3O5/c1-11(26-14-4-2-3-5-15(14)30-19(26)28)18(27)29-10-16-24-17(25-31-16)12-6-8-13(9-7-12)20(21,22)23/h2-9,11H,10H2,1H3. The number of carbonyl (C=O) groups is 1. The summed E-state index contributed by atoms with van der Waals surface area (Å²) in [5.41, 5.74) is 0.286. The van der Waals surface area contributed by atoms with Gasteiger partial charge >= 0.3 is 17.9 Å². The summed E-state index contributed by atoms with van der Waals surface area (Å²) >= 11 is 0. The van der Waals surface area contributed by atoms with E-state index >= 15 is 0 Å². The van der Waals surface area contributed by atoms with Crippen LogP contribution in [0.3, 0.4) is 0 Å². The first kappa shape index (κ1) is 20.4. The van der Waals surface area contributed by atoms with E-state index in [4.69, 9.17) is 13.7 Å². The van der Waals surface area contributed by atoms with Crippen LogP contribution in [0.1, 0.15) is 24.4 Å². The molecule has 31 heavy (non-hydrogen) atoms. The van der Waals surface area contributed by atoms with E-state index in [1.54, 1.807) is 24.3 Å². The second kappa shape index (κ2) is 7.74. The molecule has 8 nitrogen and oxygen atoms in total. The SMILES string of the molecule is CC(C(=O)OCc1nc(-c2ccc(C(F)(F)F)cc2)no1)n1c(=O)oc2ccccc21. The van der Waals surface area contributed by atoms with Crippen molar-refractivity contribution in [1.82, 2.24) is 14.7 Å². The number of hydrogen-bond acceptors (Lipinski definition) is 7. The molecule has 4 rings (SSSR count). The Kier molecular flexibility index (Phi) is 5.09. The smallest absolute Gasteiger partial charge is 0.420 e. The Morgan fingerprint density at radius 2 is 1.87 bits per heavy atom. The lowest BCUT2D eigenvalue weighted by molar-refractivity contribution is -0.149. The molecule has 0 saturated carbocycles. The summed E-state index contributed by atoms with van der Waals surface area (Å²) in [6, 6.07) is 9.89. The molecular weight excluding hydrogens is 419 g/mol. The zero-order valence-corrected chi connectivity index (χ0v) is 15.9. The first-order valence-corrected chi connectivity index (χ1v) is 9.01. The number of hydrogen-bond donors (Lipinski definition) is 0. The minimum Gasteiger partial charge on any atom is -0.454 e. The van der Waals surface area contributed by atoms with Crippen LogP contribution in [0, 0.1) is 0 Å². The van der Waals surface area contributed by atoms with E-state index in [9.17, 15) is 22.8 Å². The van der Waals surface area contributed by atoms with Gasteiger partial charge in [-0.3, -0.25) is 4.57 Å². The monoisotopic (exact) mass is 433 g/mol. The normalized spacial score (nSPS) is 12.8. The van der Waals surface area contributed by atoms with Crippen molar-refractivity contribution in [3.63, 3.8) is 0 Å². The van der Waals surface area contributed by atoms with Gasteiger partial charge in [0.25, 0.3) is 5.89 Å². The van der Waals surface area contributed by atoms with Gasteiger partial charge in [0.2, 0.25) is 5.82 Å². The Labute approximate surface area is 171 Å². The van der Waals surface area contributed by atoms with E-state index in [1.165, 1.54) is 23.6 Å². The third-order valence-corrected chi connectivity index (χ3v) is 4.52. The molecule has 2 heterocycles. The number of benzene rings is 2. The summed E-state index contributed by atoms with van der Waals surface area (Å²) < 4.78 is 54.4. The Hall–Kier alpha value is -3.89. The molecule has 1 atom stereocenters. The van der Waals surface area contributed by atoms with E-state index in [0.29, 0.717) is 16.7 Å². The first-order valence-electron chi connectivity index (χ1n) is 9.01. The maximum absolute atomic E-state index is 12.7. The highest BCUT2D eigenvalue weighted by Crippen LogP contribution is 2.30. The second-order valence-corrected chi connectivity index (χ2v) is 6.58. The fourth-order valence-electron chi connectivity index (χ4n) is 2.95. The van der Waals surface area contributed by atoms with Gasteiger partial charge in [-0.05, 0) is 31.2 Å². The third-order valence-electron chi connectivity index (χ3n) is 4.52. The van der Waals surface area contributed by atoms with E-state index in [1.807, 2.05) is 0 Å². The predicted molar refractivity (Wildman–Crippen MR) is 99.7 cm³/mol. The molecule has 4 aromatic rings. The zero-order valence-electron chi connectivity index (χ0n) is 15.9. The number of oxazole rings is 1. The fraction of sp³-hybridized carbons (Fsp3) is 0.200. The lowest BCUT2D eigenvalue weighted by Gasteiger charge is -2.11. The molecule has 0 aliphatic rings. The molecule has 0 saturated heterocycles. The molecule has 0 spiro atoms. The van der Waals surface area contributed by atoms with Crippen LogP contribution in [-0.2, 0) is 22.3 Å². The van der Waals surface area contributed by atoms with Gasteiger partial charge in [-0.1, -0.05) is 29.4 Å². The number of nitrogens with zero attached hydrogens (tertiary/aromatic N) is 3. The number of fused-ring (bicyclic) bond motifs is 1. The molecule has 0 radical (unpaired) electrons. The first-order chi connectivity index (χ1) is 14.7. The molecular formula is C20H14F3N3O5. The average molecular weight is 433 g/mol. The van der Waals surface area contributed by atoms with Crippen molar-refractivity contribution in [3.8, 4) is 11.4 Å². The van der Waals surface area contributed by atoms with E-state index in [0.717, 1.165) is 12.1 Å². The number of para-hydroxylation sites is 2. The van der Waals surface area contributed by atoms with Crippen molar-refractivity contribution in [2.24, 2.45) is 0 Å². The van der Waals surface area contributed by atoms with Gasteiger partial charge in [0.15, 0.2) is 12.2 Å². The summed E-state index contributed by atoms with van der Waals surface area (Å²) in [6.45, 7) is 1.11.